The van der Waals surface area contributed by atoms with E-state index < -0.39 is 0 Å². The van der Waals surface area contributed by atoms with Gasteiger partial charge in [0.25, 0.3) is 0 Å². The van der Waals surface area contributed by atoms with Crippen molar-refractivity contribution in [2.24, 2.45) is 0 Å². The van der Waals surface area contributed by atoms with E-state index in [1.165, 1.54) is 5.52 Å². The summed E-state index contributed by atoms with van der Waals surface area (Å²) in [5.41, 5.74) is 6.81. The highest BCUT2D eigenvalue weighted by Gasteiger charge is 2.06. The Hall–Kier alpha value is -2.43. The summed E-state index contributed by atoms with van der Waals surface area (Å²) >= 11 is 0. The van der Waals surface area contributed by atoms with Crippen LogP contribution in [0.3, 0.4) is 0 Å². The Labute approximate surface area is 123 Å². The number of nitrogens with two attached hydrogens (primary N) is 1. The van der Waals surface area contributed by atoms with Crippen molar-refractivity contribution in [1.82, 2.24) is 14.3 Å². The largest absolute Gasteiger partial charge is 0.493 e. The highest BCUT2D eigenvalue weighted by Crippen LogP contribution is 2.26. The Morgan fingerprint density at radius 1 is 1.14 bits per heavy atom. The molecule has 0 spiro atoms. The lowest BCUT2D eigenvalue weighted by molar-refractivity contribution is 0.321. The number of fused-ring (bicyclic) bond motifs is 1. The van der Waals surface area contributed by atoms with Gasteiger partial charge in [0.15, 0.2) is 0 Å². The van der Waals surface area contributed by atoms with Gasteiger partial charge >= 0.3 is 0 Å². The van der Waals surface area contributed by atoms with Crippen LogP contribution < -0.4 is 10.5 Å². The van der Waals surface area contributed by atoms with E-state index in [4.69, 9.17) is 10.5 Å². The Balaban J connectivity index is 1.79. The molecule has 0 aliphatic carbocycles. The fourth-order valence-electron chi connectivity index (χ4n) is 2.44. The zero-order valence-electron chi connectivity index (χ0n) is 12.2. The van der Waals surface area contributed by atoms with Crippen LogP contribution in [0.4, 0.5) is 5.82 Å². The number of ether oxygens (including phenoxy) is 1. The third-order valence-electron chi connectivity index (χ3n) is 3.47. The smallest absolute Gasteiger partial charge is 0.145 e. The molecule has 3 aromatic rings. The van der Waals surface area contributed by atoms with E-state index >= 15 is 0 Å². The SMILES string of the molecule is CCCOc1cccc2c1ccn2CCn1ccc(N)n1. The molecule has 0 atom stereocenters. The zero-order valence-corrected chi connectivity index (χ0v) is 12.2. The molecule has 0 amide bonds. The molecule has 2 N–H and O–H groups in total. The van der Waals surface area contributed by atoms with Crippen LogP contribution in [-0.4, -0.2) is 21.0 Å². The van der Waals surface area contributed by atoms with Gasteiger partial charge in [-0.25, -0.2) is 0 Å². The van der Waals surface area contributed by atoms with E-state index in [2.05, 4.69) is 34.9 Å². The standard InChI is InChI=1S/C16H20N4O/c1-2-12-21-15-5-3-4-14-13(15)6-8-19(14)10-11-20-9-7-16(17)18-20/h3-9H,2,10-12H2,1H3,(H2,17,18). The second-order valence-electron chi connectivity index (χ2n) is 5.05. The predicted molar refractivity (Wildman–Crippen MR) is 84.4 cm³/mol. The van der Waals surface area contributed by atoms with Crippen molar-refractivity contribution >= 4 is 16.7 Å². The van der Waals surface area contributed by atoms with Crippen LogP contribution >= 0.6 is 0 Å². The van der Waals surface area contributed by atoms with Crippen molar-refractivity contribution < 1.29 is 4.74 Å². The monoisotopic (exact) mass is 284 g/mol. The number of hydrogen-bond acceptors (Lipinski definition) is 3. The Bertz CT molecular complexity index is 729. The lowest BCUT2D eigenvalue weighted by Gasteiger charge is -2.08. The maximum Gasteiger partial charge on any atom is 0.145 e. The van der Waals surface area contributed by atoms with Crippen LogP contribution in [0.5, 0.6) is 5.75 Å². The van der Waals surface area contributed by atoms with E-state index in [0.717, 1.165) is 37.3 Å². The molecule has 5 heteroatoms. The molecule has 0 saturated heterocycles. The van der Waals surface area contributed by atoms with Gasteiger partial charge in [-0.3, -0.25) is 4.68 Å². The van der Waals surface area contributed by atoms with Gasteiger partial charge in [-0.1, -0.05) is 13.0 Å². The number of anilines is 1. The third-order valence-corrected chi connectivity index (χ3v) is 3.47. The van der Waals surface area contributed by atoms with E-state index in [1.807, 2.05) is 29.1 Å². The highest BCUT2D eigenvalue weighted by atomic mass is 16.5. The maximum atomic E-state index is 5.80. The van der Waals surface area contributed by atoms with Crippen molar-refractivity contribution in [3.8, 4) is 5.75 Å². The molecule has 5 nitrogen and oxygen atoms in total. The summed E-state index contributed by atoms with van der Waals surface area (Å²) in [7, 11) is 0. The van der Waals surface area contributed by atoms with Gasteiger partial charge < -0.3 is 15.0 Å². The number of aromatic nitrogens is 3. The average molecular weight is 284 g/mol. The quantitative estimate of drug-likeness (QED) is 0.757. The molecule has 0 aliphatic rings. The molecule has 3 rings (SSSR count). The normalized spacial score (nSPS) is 11.1. The summed E-state index contributed by atoms with van der Waals surface area (Å²) in [5, 5.41) is 5.36. The third kappa shape index (κ3) is 2.86. The van der Waals surface area contributed by atoms with Crippen LogP contribution in [0.25, 0.3) is 10.9 Å². The number of benzene rings is 1. The molecule has 1 aromatic carbocycles. The molecular weight excluding hydrogens is 264 g/mol. The first-order valence-electron chi connectivity index (χ1n) is 7.27. The van der Waals surface area contributed by atoms with Crippen LogP contribution in [0, 0.1) is 0 Å². The van der Waals surface area contributed by atoms with E-state index in [1.54, 1.807) is 0 Å². The fourth-order valence-corrected chi connectivity index (χ4v) is 2.44. The number of aryl methyl sites for hydroxylation is 2. The minimum atomic E-state index is 0.558. The molecule has 0 bridgehead atoms. The minimum absolute atomic E-state index is 0.558. The summed E-state index contributed by atoms with van der Waals surface area (Å²) in [6.45, 7) is 4.50. The summed E-state index contributed by atoms with van der Waals surface area (Å²) in [4.78, 5) is 0. The molecule has 0 aliphatic heterocycles. The van der Waals surface area contributed by atoms with Crippen molar-refractivity contribution in [3.05, 3.63) is 42.7 Å². The first-order chi connectivity index (χ1) is 10.3. The van der Waals surface area contributed by atoms with Crippen LogP contribution in [-0.2, 0) is 13.1 Å². The summed E-state index contributed by atoms with van der Waals surface area (Å²) in [6.07, 6.45) is 5.00. The second kappa shape index (κ2) is 5.91. The van der Waals surface area contributed by atoms with Gasteiger partial charge in [-0.2, -0.15) is 5.10 Å². The number of hydrogen-bond donors (Lipinski definition) is 1. The van der Waals surface area contributed by atoms with Gasteiger partial charge in [0.05, 0.1) is 18.7 Å². The minimum Gasteiger partial charge on any atom is -0.493 e. The first-order valence-corrected chi connectivity index (χ1v) is 7.27. The molecule has 2 aromatic heterocycles. The lowest BCUT2D eigenvalue weighted by Crippen LogP contribution is -2.07. The number of nitrogens with zero attached hydrogens (tertiary/aromatic N) is 3. The summed E-state index contributed by atoms with van der Waals surface area (Å²) < 4.78 is 9.87. The Morgan fingerprint density at radius 2 is 2.05 bits per heavy atom. The van der Waals surface area contributed by atoms with Gasteiger partial charge in [-0.05, 0) is 30.7 Å². The topological polar surface area (TPSA) is 58.0 Å². The lowest BCUT2D eigenvalue weighted by atomic mass is 10.2. The average Bonchev–Trinajstić information content (AvgIpc) is 3.09. The van der Waals surface area contributed by atoms with Gasteiger partial charge in [0.2, 0.25) is 0 Å². The van der Waals surface area contributed by atoms with E-state index in [0.29, 0.717) is 5.82 Å². The number of nitrogen functional groups attached to an aromatic ring is 1. The van der Waals surface area contributed by atoms with Crippen molar-refractivity contribution in [1.29, 1.82) is 0 Å². The van der Waals surface area contributed by atoms with Gasteiger partial charge in [-0.15, -0.1) is 0 Å². The molecule has 0 fully saturated rings. The maximum absolute atomic E-state index is 5.80. The Kier molecular flexibility index (Phi) is 3.81. The van der Waals surface area contributed by atoms with Crippen LogP contribution in [0.1, 0.15) is 13.3 Å². The summed E-state index contributed by atoms with van der Waals surface area (Å²) in [6, 6.07) is 10.1. The van der Waals surface area contributed by atoms with Crippen LogP contribution in [0.2, 0.25) is 0 Å². The molecule has 21 heavy (non-hydrogen) atoms. The second-order valence-corrected chi connectivity index (χ2v) is 5.05. The van der Waals surface area contributed by atoms with Crippen molar-refractivity contribution in [2.75, 3.05) is 12.3 Å². The summed E-state index contributed by atoms with van der Waals surface area (Å²) in [5.74, 6) is 1.51. The van der Waals surface area contributed by atoms with Crippen LogP contribution in [0.15, 0.2) is 42.7 Å². The molecular formula is C16H20N4O. The molecule has 0 radical (unpaired) electrons. The van der Waals surface area contributed by atoms with E-state index in [9.17, 15) is 0 Å². The molecule has 110 valence electrons. The first kappa shape index (κ1) is 13.5. The van der Waals surface area contributed by atoms with Gasteiger partial charge in [0.1, 0.15) is 11.6 Å². The highest BCUT2D eigenvalue weighted by molar-refractivity contribution is 5.86. The fraction of sp³-hybridized carbons (Fsp3) is 0.312. The molecule has 0 saturated carbocycles. The molecule has 2 heterocycles. The molecule has 0 unspecified atom stereocenters. The van der Waals surface area contributed by atoms with E-state index in [-0.39, 0.29) is 0 Å². The van der Waals surface area contributed by atoms with Gasteiger partial charge in [0, 0.05) is 24.3 Å². The Morgan fingerprint density at radius 3 is 2.81 bits per heavy atom. The van der Waals surface area contributed by atoms with Crippen molar-refractivity contribution in [3.63, 3.8) is 0 Å². The zero-order chi connectivity index (χ0) is 14.7. The predicted octanol–water partition coefficient (Wildman–Crippen LogP) is 2.91. The number of rotatable bonds is 6. The van der Waals surface area contributed by atoms with Crippen molar-refractivity contribution in [2.45, 2.75) is 26.4 Å².